The predicted octanol–water partition coefficient (Wildman–Crippen LogP) is 0.872. The van der Waals surface area contributed by atoms with E-state index in [0.29, 0.717) is 0 Å². The molecule has 1 amide bonds. The van der Waals surface area contributed by atoms with E-state index in [1.165, 1.54) is 11.8 Å². The average molecular weight is 314 g/mol. The molecule has 0 aliphatic heterocycles. The molecule has 0 saturated heterocycles. The number of aliphatic hydroxyl groups excluding tert-OH is 2. The molecule has 18 heavy (non-hydrogen) atoms. The molecule has 8 heteroatoms. The quantitative estimate of drug-likeness (QED) is 0.714. The first kappa shape index (κ1) is 18.6. The number of aliphatic hydroxyl groups is 2. The zero-order valence-electron chi connectivity index (χ0n) is 11.6. The van der Waals surface area contributed by atoms with Crippen LogP contribution in [0.4, 0.5) is 0 Å². The van der Waals surface area contributed by atoms with Gasteiger partial charge in [-0.15, -0.1) is 0 Å². The molecule has 0 rings (SSSR count). The summed E-state index contributed by atoms with van der Waals surface area (Å²) in [6.07, 6.45) is -1.80. The molecule has 0 aromatic carbocycles. The molecule has 0 aromatic heterocycles. The van der Waals surface area contributed by atoms with E-state index in [1.807, 2.05) is 18.6 Å². The molecule has 0 spiro atoms. The van der Waals surface area contributed by atoms with Gasteiger partial charge in [-0.1, -0.05) is 17.9 Å². The van der Waals surface area contributed by atoms with E-state index in [-0.39, 0.29) is 11.9 Å². The van der Waals surface area contributed by atoms with Gasteiger partial charge in [-0.05, 0) is 27.8 Å². The first-order valence-corrected chi connectivity index (χ1v) is 10.3. The fourth-order valence-electron chi connectivity index (χ4n) is 1.49. The van der Waals surface area contributed by atoms with Crippen LogP contribution in [0.5, 0.6) is 0 Å². The second kappa shape index (κ2) is 8.04. The van der Waals surface area contributed by atoms with Crippen molar-refractivity contribution in [2.24, 2.45) is 0 Å². The standard InChI is InChI=1S/C10H25N2O3P3/c1-6(9(14)8(3)13)11(4)10(15)7(2)12(5)18(16)17/h6-9,13-14H,16-17H2,1-5H3/t6-,7?,8?,9?/m0/s1. The minimum absolute atomic E-state index is 0.0675. The topological polar surface area (TPSA) is 64.0 Å². The monoisotopic (exact) mass is 314 g/mol. The van der Waals surface area contributed by atoms with Crippen molar-refractivity contribution in [2.45, 2.75) is 45.1 Å². The second-order valence-corrected chi connectivity index (χ2v) is 10.9. The van der Waals surface area contributed by atoms with Crippen LogP contribution in [-0.4, -0.2) is 64.1 Å². The van der Waals surface area contributed by atoms with Gasteiger partial charge in [0.1, 0.15) is 0 Å². The Bertz CT molecular complexity index is 279. The van der Waals surface area contributed by atoms with Crippen molar-refractivity contribution in [1.29, 1.82) is 0 Å². The maximum absolute atomic E-state index is 12.2. The Morgan fingerprint density at radius 2 is 1.61 bits per heavy atom. The van der Waals surface area contributed by atoms with Crippen molar-refractivity contribution < 1.29 is 15.0 Å². The Balaban J connectivity index is 4.69. The van der Waals surface area contributed by atoms with Crippen molar-refractivity contribution in [3.05, 3.63) is 0 Å². The molecule has 5 nitrogen and oxygen atoms in total. The van der Waals surface area contributed by atoms with E-state index in [2.05, 4.69) is 17.9 Å². The fourth-order valence-corrected chi connectivity index (χ4v) is 3.19. The number of carbonyl (C=O) groups excluding carboxylic acids is 1. The van der Waals surface area contributed by atoms with E-state index < -0.39 is 25.7 Å². The Morgan fingerprint density at radius 1 is 1.17 bits per heavy atom. The molecule has 0 fully saturated rings. The Kier molecular flexibility index (Phi) is 8.33. The minimum Gasteiger partial charge on any atom is -0.391 e. The van der Waals surface area contributed by atoms with Crippen LogP contribution in [0.25, 0.3) is 0 Å². The number of hydrogen-bond donors (Lipinski definition) is 2. The third-order valence-electron chi connectivity index (χ3n) is 3.23. The smallest absolute Gasteiger partial charge is 0.240 e. The summed E-state index contributed by atoms with van der Waals surface area (Å²) in [5, 5.41) is 19.1. The van der Waals surface area contributed by atoms with Crippen molar-refractivity contribution >= 4 is 31.2 Å². The predicted molar refractivity (Wildman–Crippen MR) is 83.5 cm³/mol. The first-order chi connectivity index (χ1) is 8.11. The maximum Gasteiger partial charge on any atom is 0.240 e. The zero-order chi connectivity index (χ0) is 14.6. The number of amides is 1. The molecular weight excluding hydrogens is 289 g/mol. The summed E-state index contributed by atoms with van der Waals surface area (Å²) in [5.74, 6) is -0.0675. The van der Waals surface area contributed by atoms with Crippen LogP contribution in [0.15, 0.2) is 0 Å². The molecule has 0 heterocycles. The normalized spacial score (nSPS) is 18.6. The van der Waals surface area contributed by atoms with Crippen LogP contribution in [0.2, 0.25) is 0 Å². The number of hydrogen-bond acceptors (Lipinski definition) is 4. The SMILES string of the molecule is CC(O)C(O)[C@H](C)N(C)C(=O)C(C)N(C)P(P)P. The van der Waals surface area contributed by atoms with Gasteiger partial charge in [0, 0.05) is 14.5 Å². The lowest BCUT2D eigenvalue weighted by Crippen LogP contribution is -2.51. The number of likely N-dealkylation sites (N-methyl/N-ethyl adjacent to an activating group) is 2. The summed E-state index contributed by atoms with van der Waals surface area (Å²) in [4.78, 5) is 13.7. The van der Waals surface area contributed by atoms with Gasteiger partial charge in [0.05, 0.1) is 24.3 Å². The highest BCUT2D eigenvalue weighted by Gasteiger charge is 2.30. The van der Waals surface area contributed by atoms with Crippen molar-refractivity contribution in [1.82, 2.24) is 9.57 Å². The zero-order valence-corrected chi connectivity index (χ0v) is 14.8. The number of rotatable bonds is 6. The van der Waals surface area contributed by atoms with Gasteiger partial charge in [0.25, 0.3) is 0 Å². The maximum atomic E-state index is 12.2. The highest BCUT2D eigenvalue weighted by atomic mass is 32.4. The summed E-state index contributed by atoms with van der Waals surface area (Å²) in [6, 6.07) is -0.687. The summed E-state index contributed by atoms with van der Waals surface area (Å²) < 4.78 is 1.96. The Hall–Kier alpha value is 0.640. The van der Waals surface area contributed by atoms with Crippen molar-refractivity contribution in [3.8, 4) is 0 Å². The third-order valence-corrected chi connectivity index (χ3v) is 6.49. The lowest BCUT2D eigenvalue weighted by Gasteiger charge is -2.35. The third kappa shape index (κ3) is 4.96. The van der Waals surface area contributed by atoms with E-state index in [0.717, 1.165) is 0 Å². The molecule has 0 aromatic rings. The van der Waals surface area contributed by atoms with Gasteiger partial charge in [-0.25, -0.2) is 0 Å². The molecule has 0 aliphatic rings. The molecule has 0 radical (unpaired) electrons. The Morgan fingerprint density at radius 3 is 1.94 bits per heavy atom. The Labute approximate surface area is 115 Å². The second-order valence-electron chi connectivity index (χ2n) is 4.55. The van der Waals surface area contributed by atoms with Crippen molar-refractivity contribution in [3.63, 3.8) is 0 Å². The van der Waals surface area contributed by atoms with Gasteiger partial charge in [0.15, 0.2) is 0 Å². The van der Waals surface area contributed by atoms with Crippen LogP contribution < -0.4 is 0 Å². The molecule has 0 saturated carbocycles. The molecule has 108 valence electrons. The van der Waals surface area contributed by atoms with Crippen LogP contribution in [0, 0.1) is 0 Å². The highest BCUT2D eigenvalue weighted by molar-refractivity contribution is 8.42. The van der Waals surface area contributed by atoms with E-state index in [4.69, 9.17) is 0 Å². The minimum atomic E-state index is -0.940. The summed E-state index contributed by atoms with van der Waals surface area (Å²) in [5.41, 5.74) is 0. The molecule has 6 atom stereocenters. The fraction of sp³-hybridized carbons (Fsp3) is 0.900. The number of nitrogens with zero attached hydrogens (tertiary/aromatic N) is 2. The summed E-state index contributed by atoms with van der Waals surface area (Å²) in [6.45, 7) is 5.08. The average Bonchev–Trinajstić information content (AvgIpc) is 2.32. The van der Waals surface area contributed by atoms with E-state index >= 15 is 0 Å². The van der Waals surface area contributed by atoms with Gasteiger partial charge in [-0.3, -0.25) is 9.46 Å². The summed E-state index contributed by atoms with van der Waals surface area (Å²) >= 11 is 0. The van der Waals surface area contributed by atoms with Gasteiger partial charge in [-0.2, -0.15) is 0 Å². The molecule has 5 unspecified atom stereocenters. The molecule has 0 aliphatic carbocycles. The lowest BCUT2D eigenvalue weighted by atomic mass is 10.1. The van der Waals surface area contributed by atoms with Gasteiger partial charge < -0.3 is 15.1 Å². The number of carbonyl (C=O) groups is 1. The van der Waals surface area contributed by atoms with Crippen molar-refractivity contribution in [2.75, 3.05) is 14.1 Å². The lowest BCUT2D eigenvalue weighted by molar-refractivity contribution is -0.138. The highest BCUT2D eigenvalue weighted by Crippen LogP contribution is 2.55. The van der Waals surface area contributed by atoms with Crippen LogP contribution in [-0.2, 0) is 4.79 Å². The summed E-state index contributed by atoms with van der Waals surface area (Å²) in [7, 11) is 8.38. The largest absolute Gasteiger partial charge is 0.391 e. The first-order valence-electron chi connectivity index (χ1n) is 5.76. The van der Waals surface area contributed by atoms with E-state index in [9.17, 15) is 15.0 Å². The molecule has 2 N–H and O–H groups in total. The van der Waals surface area contributed by atoms with E-state index in [1.54, 1.807) is 14.0 Å². The van der Waals surface area contributed by atoms with Gasteiger partial charge >= 0.3 is 0 Å². The molecule has 0 bridgehead atoms. The van der Waals surface area contributed by atoms with Crippen LogP contribution >= 0.6 is 25.3 Å². The van der Waals surface area contributed by atoms with Crippen LogP contribution in [0.3, 0.4) is 0 Å². The molecular formula is C10H25N2O3P3. The van der Waals surface area contributed by atoms with Crippen LogP contribution in [0.1, 0.15) is 20.8 Å². The van der Waals surface area contributed by atoms with Gasteiger partial charge in [0.2, 0.25) is 5.91 Å².